The van der Waals surface area contributed by atoms with Crippen molar-refractivity contribution in [3.05, 3.63) is 36.2 Å². The van der Waals surface area contributed by atoms with Crippen molar-refractivity contribution in [2.24, 2.45) is 0 Å². The summed E-state index contributed by atoms with van der Waals surface area (Å²) in [5.74, 6) is 3.23. The summed E-state index contributed by atoms with van der Waals surface area (Å²) in [6.45, 7) is 1.92. The van der Waals surface area contributed by atoms with Gasteiger partial charge in [0, 0.05) is 12.1 Å². The van der Waals surface area contributed by atoms with Crippen LogP contribution in [-0.2, 0) is 0 Å². The lowest BCUT2D eigenvalue weighted by atomic mass is 10.1. The molecule has 24 heavy (non-hydrogen) atoms. The SMILES string of the molecule is COc1ccccc1Nc1cc(NC2CCCCCC2)nc(C)n1. The molecule has 0 radical (unpaired) electrons. The van der Waals surface area contributed by atoms with Crippen molar-refractivity contribution in [2.75, 3.05) is 17.7 Å². The fourth-order valence-electron chi connectivity index (χ4n) is 3.22. The highest BCUT2D eigenvalue weighted by atomic mass is 16.5. The Kier molecular flexibility index (Phi) is 5.51. The van der Waals surface area contributed by atoms with E-state index in [1.165, 1.54) is 38.5 Å². The van der Waals surface area contributed by atoms with Gasteiger partial charge >= 0.3 is 0 Å². The van der Waals surface area contributed by atoms with Crippen LogP contribution in [0.5, 0.6) is 5.75 Å². The molecule has 2 N–H and O–H groups in total. The molecule has 1 aliphatic carbocycles. The van der Waals surface area contributed by atoms with Crippen molar-refractivity contribution in [1.29, 1.82) is 0 Å². The summed E-state index contributed by atoms with van der Waals surface area (Å²) in [5, 5.41) is 6.93. The van der Waals surface area contributed by atoms with Gasteiger partial charge in [0.05, 0.1) is 12.8 Å². The van der Waals surface area contributed by atoms with Crippen LogP contribution in [-0.4, -0.2) is 23.1 Å². The Morgan fingerprint density at radius 3 is 2.46 bits per heavy atom. The highest BCUT2D eigenvalue weighted by molar-refractivity contribution is 5.65. The number of ether oxygens (including phenoxy) is 1. The standard InChI is InChI=1S/C19H26N4O/c1-14-20-18(22-15-9-5-3-4-6-10-15)13-19(21-14)23-16-11-7-8-12-17(16)24-2/h7-8,11-13,15H,3-6,9-10H2,1-2H3,(H2,20,21,22,23). The first-order valence-electron chi connectivity index (χ1n) is 8.77. The Morgan fingerprint density at radius 1 is 1.00 bits per heavy atom. The maximum Gasteiger partial charge on any atom is 0.142 e. The van der Waals surface area contributed by atoms with E-state index in [4.69, 9.17) is 4.74 Å². The minimum atomic E-state index is 0.515. The van der Waals surface area contributed by atoms with E-state index in [2.05, 4.69) is 20.6 Å². The number of anilines is 3. The number of rotatable bonds is 5. The average Bonchev–Trinajstić information content (AvgIpc) is 2.83. The van der Waals surface area contributed by atoms with E-state index in [-0.39, 0.29) is 0 Å². The topological polar surface area (TPSA) is 59.1 Å². The molecule has 2 aromatic rings. The molecule has 5 nitrogen and oxygen atoms in total. The van der Waals surface area contributed by atoms with Gasteiger partial charge in [0.1, 0.15) is 23.2 Å². The molecular formula is C19H26N4O. The molecule has 1 aromatic heterocycles. The van der Waals surface area contributed by atoms with Crippen LogP contribution in [0, 0.1) is 6.92 Å². The molecule has 0 amide bonds. The third kappa shape index (κ3) is 4.37. The summed E-state index contributed by atoms with van der Waals surface area (Å²) in [5.41, 5.74) is 0.901. The van der Waals surface area contributed by atoms with Crippen LogP contribution < -0.4 is 15.4 Å². The molecule has 1 heterocycles. The van der Waals surface area contributed by atoms with Crippen LogP contribution >= 0.6 is 0 Å². The van der Waals surface area contributed by atoms with Crippen LogP contribution in [0.4, 0.5) is 17.3 Å². The lowest BCUT2D eigenvalue weighted by Gasteiger charge is -2.18. The summed E-state index contributed by atoms with van der Waals surface area (Å²) in [6.07, 6.45) is 7.74. The predicted molar refractivity (Wildman–Crippen MR) is 98.2 cm³/mol. The Balaban J connectivity index is 1.75. The zero-order chi connectivity index (χ0) is 16.8. The molecule has 0 saturated heterocycles. The molecule has 0 aliphatic heterocycles. The van der Waals surface area contributed by atoms with E-state index in [0.717, 1.165) is 28.9 Å². The van der Waals surface area contributed by atoms with Crippen molar-refractivity contribution in [3.63, 3.8) is 0 Å². The van der Waals surface area contributed by atoms with Crippen molar-refractivity contribution < 1.29 is 4.74 Å². The number of hydrogen-bond acceptors (Lipinski definition) is 5. The summed E-state index contributed by atoms with van der Waals surface area (Å²) < 4.78 is 5.39. The molecule has 0 spiro atoms. The number of nitrogens with zero attached hydrogens (tertiary/aromatic N) is 2. The minimum Gasteiger partial charge on any atom is -0.495 e. The van der Waals surface area contributed by atoms with E-state index in [9.17, 15) is 0 Å². The Bertz CT molecular complexity index is 666. The molecule has 128 valence electrons. The summed E-state index contributed by atoms with van der Waals surface area (Å²) in [6, 6.07) is 10.3. The summed E-state index contributed by atoms with van der Waals surface area (Å²) in [4.78, 5) is 9.05. The zero-order valence-corrected chi connectivity index (χ0v) is 14.5. The zero-order valence-electron chi connectivity index (χ0n) is 14.5. The molecule has 1 fully saturated rings. The van der Waals surface area contributed by atoms with Gasteiger partial charge in [-0.15, -0.1) is 0 Å². The van der Waals surface area contributed by atoms with Crippen LogP contribution in [0.3, 0.4) is 0 Å². The maximum atomic E-state index is 5.39. The second-order valence-electron chi connectivity index (χ2n) is 6.34. The van der Waals surface area contributed by atoms with Gasteiger partial charge < -0.3 is 15.4 Å². The molecule has 5 heteroatoms. The fraction of sp³-hybridized carbons (Fsp3) is 0.474. The number of benzene rings is 1. The molecule has 1 saturated carbocycles. The molecule has 0 bridgehead atoms. The number of hydrogen-bond donors (Lipinski definition) is 2. The number of aromatic nitrogens is 2. The highest BCUT2D eigenvalue weighted by Crippen LogP contribution is 2.27. The average molecular weight is 326 g/mol. The first kappa shape index (κ1) is 16.6. The number of nitrogens with one attached hydrogen (secondary N) is 2. The quantitative estimate of drug-likeness (QED) is 0.782. The minimum absolute atomic E-state index is 0.515. The summed E-state index contributed by atoms with van der Waals surface area (Å²) >= 11 is 0. The molecule has 3 rings (SSSR count). The first-order valence-corrected chi connectivity index (χ1v) is 8.77. The summed E-state index contributed by atoms with van der Waals surface area (Å²) in [7, 11) is 1.67. The van der Waals surface area contributed by atoms with Crippen LogP contribution in [0.1, 0.15) is 44.3 Å². The third-order valence-corrected chi connectivity index (χ3v) is 4.41. The Labute approximate surface area is 143 Å². The smallest absolute Gasteiger partial charge is 0.142 e. The van der Waals surface area contributed by atoms with Gasteiger partial charge in [0.15, 0.2) is 0 Å². The van der Waals surface area contributed by atoms with Crippen LogP contribution in [0.2, 0.25) is 0 Å². The normalized spacial score (nSPS) is 15.6. The van der Waals surface area contributed by atoms with Gasteiger partial charge in [0.25, 0.3) is 0 Å². The van der Waals surface area contributed by atoms with E-state index >= 15 is 0 Å². The van der Waals surface area contributed by atoms with Gasteiger partial charge in [-0.2, -0.15) is 0 Å². The molecule has 1 aromatic carbocycles. The second-order valence-corrected chi connectivity index (χ2v) is 6.34. The molecule has 0 unspecified atom stereocenters. The monoisotopic (exact) mass is 326 g/mol. The number of para-hydroxylation sites is 2. The predicted octanol–water partition coefficient (Wildman–Crippen LogP) is 4.67. The van der Waals surface area contributed by atoms with Gasteiger partial charge in [-0.3, -0.25) is 0 Å². The van der Waals surface area contributed by atoms with Crippen LogP contribution in [0.25, 0.3) is 0 Å². The van der Waals surface area contributed by atoms with Crippen molar-refractivity contribution in [1.82, 2.24) is 9.97 Å². The fourth-order valence-corrected chi connectivity index (χ4v) is 3.22. The highest BCUT2D eigenvalue weighted by Gasteiger charge is 2.13. The van der Waals surface area contributed by atoms with Gasteiger partial charge in [0.2, 0.25) is 0 Å². The van der Waals surface area contributed by atoms with Gasteiger partial charge in [-0.05, 0) is 31.9 Å². The van der Waals surface area contributed by atoms with E-state index in [1.54, 1.807) is 7.11 Å². The van der Waals surface area contributed by atoms with E-state index in [0.29, 0.717) is 6.04 Å². The Hall–Kier alpha value is -2.30. The van der Waals surface area contributed by atoms with Gasteiger partial charge in [-0.1, -0.05) is 37.8 Å². The number of methoxy groups -OCH3 is 1. The molecule has 0 atom stereocenters. The number of aryl methyl sites for hydroxylation is 1. The largest absolute Gasteiger partial charge is 0.495 e. The maximum absolute atomic E-state index is 5.39. The van der Waals surface area contributed by atoms with E-state index in [1.807, 2.05) is 37.3 Å². The molecular weight excluding hydrogens is 300 g/mol. The third-order valence-electron chi connectivity index (χ3n) is 4.41. The Morgan fingerprint density at radius 2 is 1.71 bits per heavy atom. The molecule has 1 aliphatic rings. The van der Waals surface area contributed by atoms with Crippen LogP contribution in [0.15, 0.2) is 30.3 Å². The van der Waals surface area contributed by atoms with Crippen molar-refractivity contribution >= 4 is 17.3 Å². The lowest BCUT2D eigenvalue weighted by Crippen LogP contribution is -2.19. The second kappa shape index (κ2) is 7.99. The lowest BCUT2D eigenvalue weighted by molar-refractivity contribution is 0.417. The van der Waals surface area contributed by atoms with Crippen molar-refractivity contribution in [2.45, 2.75) is 51.5 Å². The first-order chi connectivity index (χ1) is 11.7. The van der Waals surface area contributed by atoms with E-state index < -0.39 is 0 Å². The van der Waals surface area contributed by atoms with Crippen molar-refractivity contribution in [3.8, 4) is 5.75 Å². The van der Waals surface area contributed by atoms with Gasteiger partial charge in [-0.25, -0.2) is 9.97 Å².